The van der Waals surface area contributed by atoms with Crippen LogP contribution in [0.1, 0.15) is 6.23 Å². The SMILES string of the molecule is Nc1nc2c(nc(Br)n2C2OC3COP(=O)([O-])O[C@@H]3C2O)c(=O)[nH]1. The molecular formula is C10H10BrN5O7P-. The third kappa shape index (κ3) is 2.40. The van der Waals surface area contributed by atoms with Crippen LogP contribution in [0.25, 0.3) is 11.2 Å². The molecule has 0 amide bonds. The average Bonchev–Trinajstić information content (AvgIpc) is 2.96. The van der Waals surface area contributed by atoms with Crippen LogP contribution in [0.5, 0.6) is 0 Å². The highest BCUT2D eigenvalue weighted by Gasteiger charge is 2.50. The fourth-order valence-corrected chi connectivity index (χ4v) is 4.24. The number of fused-ring (bicyclic) bond motifs is 2. The number of rotatable bonds is 1. The standard InChI is InChI=1S/C10H11BrN5O7P/c11-9-13-3-6(14-10(12)15-7(3)18)16(9)8-4(17)5-2(22-8)1-21-24(19,20)23-5/h2,4-5,8,17H,1H2,(H,19,20)(H3,12,14,15,18)/p-1/t2?,4?,5-,8?/m0/s1. The Labute approximate surface area is 141 Å². The van der Waals surface area contributed by atoms with Crippen LogP contribution >= 0.6 is 23.8 Å². The van der Waals surface area contributed by atoms with Crippen LogP contribution in [0.3, 0.4) is 0 Å². The van der Waals surface area contributed by atoms with Crippen LogP contribution in [0.4, 0.5) is 5.95 Å². The van der Waals surface area contributed by atoms with Crippen molar-refractivity contribution in [3.8, 4) is 0 Å². The predicted molar refractivity (Wildman–Crippen MR) is 78.6 cm³/mol. The summed E-state index contributed by atoms with van der Waals surface area (Å²) in [5.41, 5.74) is 5.02. The first-order valence-corrected chi connectivity index (χ1v) is 8.93. The lowest BCUT2D eigenvalue weighted by molar-refractivity contribution is -0.245. The molecule has 130 valence electrons. The number of phosphoric acid groups is 1. The molecule has 4 heterocycles. The number of aliphatic hydroxyl groups excluding tert-OH is 1. The number of halogens is 1. The van der Waals surface area contributed by atoms with Crippen molar-refractivity contribution in [2.24, 2.45) is 0 Å². The van der Waals surface area contributed by atoms with Gasteiger partial charge in [-0.25, -0.2) is 4.98 Å². The van der Waals surface area contributed by atoms with E-state index in [-0.39, 0.29) is 28.5 Å². The van der Waals surface area contributed by atoms with Gasteiger partial charge in [-0.15, -0.1) is 0 Å². The number of imidazole rings is 1. The molecule has 0 spiro atoms. The fraction of sp³-hybridized carbons (Fsp3) is 0.500. The van der Waals surface area contributed by atoms with E-state index in [0.717, 1.165) is 0 Å². The van der Waals surface area contributed by atoms with E-state index < -0.39 is 37.9 Å². The molecule has 2 saturated heterocycles. The molecular weight excluding hydrogens is 413 g/mol. The van der Waals surface area contributed by atoms with Crippen molar-refractivity contribution in [3.05, 3.63) is 15.1 Å². The maximum atomic E-state index is 11.9. The van der Waals surface area contributed by atoms with Gasteiger partial charge in [0.2, 0.25) is 5.95 Å². The summed E-state index contributed by atoms with van der Waals surface area (Å²) in [6.07, 6.45) is -4.42. The Kier molecular flexibility index (Phi) is 3.58. The van der Waals surface area contributed by atoms with Gasteiger partial charge in [0.05, 0.1) is 6.61 Å². The number of H-pyrrole nitrogens is 1. The quantitative estimate of drug-likeness (QED) is 0.365. The van der Waals surface area contributed by atoms with Crippen LogP contribution in [0.2, 0.25) is 0 Å². The maximum Gasteiger partial charge on any atom is 0.280 e. The molecule has 2 aromatic rings. The second-order valence-corrected chi connectivity index (χ2v) is 7.32. The summed E-state index contributed by atoms with van der Waals surface area (Å²) in [7, 11) is -4.49. The lowest BCUT2D eigenvalue weighted by Crippen LogP contribution is -2.41. The molecule has 2 aliphatic heterocycles. The molecule has 12 nitrogen and oxygen atoms in total. The Morgan fingerprint density at radius 3 is 3.00 bits per heavy atom. The van der Waals surface area contributed by atoms with E-state index in [9.17, 15) is 19.4 Å². The third-order valence-electron chi connectivity index (χ3n) is 3.74. The number of nitrogens with one attached hydrogen (secondary N) is 1. The minimum Gasteiger partial charge on any atom is -0.756 e. The number of aromatic amines is 1. The molecule has 4 rings (SSSR count). The highest BCUT2D eigenvalue weighted by atomic mass is 79.9. The molecule has 0 bridgehead atoms. The van der Waals surface area contributed by atoms with E-state index in [1.165, 1.54) is 4.57 Å². The van der Waals surface area contributed by atoms with Crippen LogP contribution in [-0.4, -0.2) is 49.5 Å². The Balaban J connectivity index is 1.80. The van der Waals surface area contributed by atoms with Crippen molar-refractivity contribution in [3.63, 3.8) is 0 Å². The molecule has 14 heteroatoms. The summed E-state index contributed by atoms with van der Waals surface area (Å²) < 4.78 is 27.8. The largest absolute Gasteiger partial charge is 0.756 e. The average molecular weight is 423 g/mol. The smallest absolute Gasteiger partial charge is 0.280 e. The van der Waals surface area contributed by atoms with E-state index in [2.05, 4.69) is 35.4 Å². The van der Waals surface area contributed by atoms with E-state index in [1.54, 1.807) is 0 Å². The van der Waals surface area contributed by atoms with Crippen LogP contribution in [0, 0.1) is 0 Å². The van der Waals surface area contributed by atoms with Crippen molar-refractivity contribution in [1.29, 1.82) is 0 Å². The van der Waals surface area contributed by atoms with Crippen molar-refractivity contribution in [2.45, 2.75) is 24.5 Å². The van der Waals surface area contributed by atoms with Crippen LogP contribution < -0.4 is 16.2 Å². The summed E-state index contributed by atoms with van der Waals surface area (Å²) >= 11 is 3.17. The number of nitrogen functional groups attached to an aromatic ring is 1. The highest BCUT2D eigenvalue weighted by Crippen LogP contribution is 2.50. The van der Waals surface area contributed by atoms with Crippen molar-refractivity contribution < 1.29 is 28.3 Å². The van der Waals surface area contributed by atoms with Gasteiger partial charge in [-0.2, -0.15) is 4.98 Å². The van der Waals surface area contributed by atoms with Crippen molar-refractivity contribution in [1.82, 2.24) is 19.5 Å². The first kappa shape index (κ1) is 16.1. The first-order valence-electron chi connectivity index (χ1n) is 6.67. The molecule has 0 aromatic carbocycles. The van der Waals surface area contributed by atoms with Crippen molar-refractivity contribution >= 4 is 40.9 Å². The fourth-order valence-electron chi connectivity index (χ4n) is 2.74. The Morgan fingerprint density at radius 2 is 2.25 bits per heavy atom. The normalized spacial score (nSPS) is 36.1. The summed E-state index contributed by atoms with van der Waals surface area (Å²) in [6, 6.07) is 0. The number of aromatic nitrogens is 4. The van der Waals surface area contributed by atoms with Crippen molar-refractivity contribution in [2.75, 3.05) is 12.3 Å². The minimum absolute atomic E-state index is 0.0200. The third-order valence-corrected chi connectivity index (χ3v) is 5.26. The van der Waals surface area contributed by atoms with Gasteiger partial charge in [0.15, 0.2) is 22.1 Å². The number of hydrogen-bond acceptors (Lipinski definition) is 10. The lowest BCUT2D eigenvalue weighted by atomic mass is 10.1. The van der Waals surface area contributed by atoms with Gasteiger partial charge in [-0.3, -0.25) is 18.9 Å². The van der Waals surface area contributed by atoms with Gasteiger partial charge in [0.1, 0.15) is 18.3 Å². The van der Waals surface area contributed by atoms with E-state index in [4.69, 9.17) is 15.0 Å². The molecule has 0 aliphatic carbocycles. The van der Waals surface area contributed by atoms with Gasteiger partial charge in [0, 0.05) is 0 Å². The molecule has 0 saturated carbocycles. The summed E-state index contributed by atoms with van der Waals surface area (Å²) in [5, 5.41) is 10.4. The lowest BCUT2D eigenvalue weighted by Gasteiger charge is -2.34. The topological polar surface area (TPSA) is 178 Å². The maximum absolute atomic E-state index is 11.9. The molecule has 4 N–H and O–H groups in total. The molecule has 24 heavy (non-hydrogen) atoms. The zero-order valence-corrected chi connectivity index (χ0v) is 14.1. The predicted octanol–water partition coefficient (Wildman–Crippen LogP) is -1.39. The van der Waals surface area contributed by atoms with E-state index in [1.807, 2.05) is 0 Å². The first-order chi connectivity index (χ1) is 11.3. The minimum atomic E-state index is -4.49. The number of ether oxygens (including phenoxy) is 1. The number of anilines is 1. The molecule has 5 atom stereocenters. The number of nitrogens with zero attached hydrogens (tertiary/aromatic N) is 3. The molecule has 0 radical (unpaired) electrons. The van der Waals surface area contributed by atoms with Gasteiger partial charge >= 0.3 is 0 Å². The zero-order valence-electron chi connectivity index (χ0n) is 11.7. The number of nitrogens with two attached hydrogens (primary N) is 1. The van der Waals surface area contributed by atoms with Gasteiger partial charge in [0.25, 0.3) is 13.4 Å². The number of phosphoric ester groups is 1. The highest BCUT2D eigenvalue weighted by molar-refractivity contribution is 9.10. The van der Waals surface area contributed by atoms with Gasteiger partial charge < -0.3 is 29.5 Å². The summed E-state index contributed by atoms with van der Waals surface area (Å²) in [5.74, 6) is -0.144. The molecule has 4 unspecified atom stereocenters. The van der Waals surface area contributed by atoms with Gasteiger partial charge in [-0.05, 0) is 15.9 Å². The van der Waals surface area contributed by atoms with E-state index >= 15 is 0 Å². The second kappa shape index (κ2) is 5.33. The van der Waals surface area contributed by atoms with E-state index in [0.29, 0.717) is 0 Å². The summed E-state index contributed by atoms with van der Waals surface area (Å²) in [6.45, 7) is -0.292. The van der Waals surface area contributed by atoms with Gasteiger partial charge in [-0.1, -0.05) is 0 Å². The van der Waals surface area contributed by atoms with Crippen LogP contribution in [-0.2, 0) is 18.3 Å². The Hall–Kier alpha value is -1.34. The summed E-state index contributed by atoms with van der Waals surface area (Å²) in [4.78, 5) is 33.6. The number of hydrogen-bond donors (Lipinski definition) is 3. The Morgan fingerprint density at radius 1 is 1.50 bits per heavy atom. The number of aliphatic hydroxyl groups is 1. The Bertz CT molecular complexity index is 930. The molecule has 2 aromatic heterocycles. The molecule has 2 fully saturated rings. The zero-order chi connectivity index (χ0) is 17.2. The van der Waals surface area contributed by atoms with Crippen LogP contribution in [0.15, 0.2) is 9.53 Å². The molecule has 2 aliphatic rings. The second-order valence-electron chi connectivity index (χ2n) is 5.24. The monoisotopic (exact) mass is 422 g/mol.